The molecule has 1 unspecified atom stereocenters. The van der Waals surface area contributed by atoms with Gasteiger partial charge in [0.2, 0.25) is 0 Å². The van der Waals surface area contributed by atoms with Gasteiger partial charge in [0.25, 0.3) is 0 Å². The lowest BCUT2D eigenvalue weighted by Gasteiger charge is -2.13. The Kier molecular flexibility index (Phi) is 4.63. The SMILES string of the molecule is CC(CCNc1nc(Cl)ccc1N)c1ccccc1. The van der Waals surface area contributed by atoms with Gasteiger partial charge in [-0.1, -0.05) is 48.9 Å². The average Bonchev–Trinajstić information content (AvgIpc) is 2.43. The van der Waals surface area contributed by atoms with Crippen molar-refractivity contribution in [2.24, 2.45) is 0 Å². The minimum atomic E-state index is 0.452. The van der Waals surface area contributed by atoms with Crippen LogP contribution in [0.1, 0.15) is 24.8 Å². The van der Waals surface area contributed by atoms with Gasteiger partial charge in [-0.05, 0) is 30.0 Å². The van der Waals surface area contributed by atoms with E-state index in [1.807, 2.05) is 6.07 Å². The van der Waals surface area contributed by atoms with Crippen LogP contribution in [0.15, 0.2) is 42.5 Å². The van der Waals surface area contributed by atoms with Crippen LogP contribution < -0.4 is 11.1 Å². The highest BCUT2D eigenvalue weighted by Crippen LogP contribution is 2.21. The predicted octanol–water partition coefficient (Wildman–Crippen LogP) is 3.92. The Bertz CT molecular complexity index is 528. The predicted molar refractivity (Wildman–Crippen MR) is 81.6 cm³/mol. The number of nitrogens with one attached hydrogen (secondary N) is 1. The zero-order valence-corrected chi connectivity index (χ0v) is 11.7. The Morgan fingerprint density at radius 3 is 2.68 bits per heavy atom. The van der Waals surface area contributed by atoms with Gasteiger partial charge in [0, 0.05) is 6.54 Å². The van der Waals surface area contributed by atoms with Crippen molar-refractivity contribution in [3.63, 3.8) is 0 Å². The Morgan fingerprint density at radius 1 is 1.21 bits per heavy atom. The van der Waals surface area contributed by atoms with E-state index in [9.17, 15) is 0 Å². The van der Waals surface area contributed by atoms with E-state index in [1.54, 1.807) is 12.1 Å². The molecule has 0 bridgehead atoms. The highest BCUT2D eigenvalue weighted by Gasteiger charge is 2.06. The van der Waals surface area contributed by atoms with Crippen molar-refractivity contribution >= 4 is 23.1 Å². The minimum absolute atomic E-state index is 0.452. The van der Waals surface area contributed by atoms with E-state index in [-0.39, 0.29) is 0 Å². The van der Waals surface area contributed by atoms with Gasteiger partial charge in [0.15, 0.2) is 5.82 Å². The number of benzene rings is 1. The van der Waals surface area contributed by atoms with Crippen LogP contribution >= 0.6 is 11.6 Å². The molecular formula is C15H18ClN3. The Labute approximate surface area is 118 Å². The number of anilines is 2. The van der Waals surface area contributed by atoms with Crippen molar-refractivity contribution in [3.05, 3.63) is 53.2 Å². The van der Waals surface area contributed by atoms with E-state index in [4.69, 9.17) is 17.3 Å². The van der Waals surface area contributed by atoms with Crippen molar-refractivity contribution in [1.29, 1.82) is 0 Å². The number of nitrogens with two attached hydrogens (primary N) is 1. The summed E-state index contributed by atoms with van der Waals surface area (Å²) in [7, 11) is 0. The maximum atomic E-state index is 5.85. The molecule has 0 spiro atoms. The second-order valence-electron chi connectivity index (χ2n) is 4.60. The van der Waals surface area contributed by atoms with E-state index in [0.29, 0.717) is 22.6 Å². The zero-order chi connectivity index (χ0) is 13.7. The summed E-state index contributed by atoms with van der Waals surface area (Å²) in [6.45, 7) is 3.03. The van der Waals surface area contributed by atoms with Crippen LogP contribution in [0.2, 0.25) is 5.15 Å². The minimum Gasteiger partial charge on any atom is -0.396 e. The van der Waals surface area contributed by atoms with Crippen molar-refractivity contribution in [2.45, 2.75) is 19.3 Å². The van der Waals surface area contributed by atoms with Gasteiger partial charge in [0.05, 0.1) is 5.69 Å². The molecule has 19 heavy (non-hydrogen) atoms. The highest BCUT2D eigenvalue weighted by atomic mass is 35.5. The molecular weight excluding hydrogens is 258 g/mol. The maximum Gasteiger partial charge on any atom is 0.150 e. The number of nitrogen functional groups attached to an aromatic ring is 1. The smallest absolute Gasteiger partial charge is 0.150 e. The molecule has 4 heteroatoms. The number of pyridine rings is 1. The molecule has 2 rings (SSSR count). The third-order valence-electron chi connectivity index (χ3n) is 3.13. The van der Waals surface area contributed by atoms with Crippen LogP contribution in [-0.2, 0) is 0 Å². The van der Waals surface area contributed by atoms with Gasteiger partial charge in [-0.25, -0.2) is 4.98 Å². The van der Waals surface area contributed by atoms with E-state index >= 15 is 0 Å². The van der Waals surface area contributed by atoms with Crippen LogP contribution in [0, 0.1) is 0 Å². The van der Waals surface area contributed by atoms with Crippen LogP contribution in [0.3, 0.4) is 0 Å². The summed E-state index contributed by atoms with van der Waals surface area (Å²) in [5.74, 6) is 1.15. The lowest BCUT2D eigenvalue weighted by atomic mass is 9.98. The van der Waals surface area contributed by atoms with Crippen LogP contribution in [0.5, 0.6) is 0 Å². The van der Waals surface area contributed by atoms with E-state index < -0.39 is 0 Å². The largest absolute Gasteiger partial charge is 0.396 e. The number of nitrogens with zero attached hydrogens (tertiary/aromatic N) is 1. The average molecular weight is 276 g/mol. The standard InChI is InChI=1S/C15H18ClN3/c1-11(12-5-3-2-4-6-12)9-10-18-15-13(17)7-8-14(16)19-15/h2-8,11H,9-10,17H2,1H3,(H,18,19). The molecule has 0 aliphatic heterocycles. The molecule has 0 fully saturated rings. The molecule has 2 aromatic rings. The molecule has 0 saturated heterocycles. The number of hydrogen-bond acceptors (Lipinski definition) is 3. The monoisotopic (exact) mass is 275 g/mol. The Balaban J connectivity index is 1.88. The molecule has 0 aliphatic rings. The van der Waals surface area contributed by atoms with Crippen molar-refractivity contribution in [2.75, 3.05) is 17.6 Å². The third-order valence-corrected chi connectivity index (χ3v) is 3.34. The van der Waals surface area contributed by atoms with Gasteiger partial charge in [-0.3, -0.25) is 0 Å². The first-order valence-electron chi connectivity index (χ1n) is 6.37. The van der Waals surface area contributed by atoms with Crippen LogP contribution in [0.4, 0.5) is 11.5 Å². The topological polar surface area (TPSA) is 50.9 Å². The van der Waals surface area contributed by atoms with Gasteiger partial charge in [-0.2, -0.15) is 0 Å². The van der Waals surface area contributed by atoms with E-state index in [2.05, 4.69) is 41.5 Å². The fraction of sp³-hybridized carbons (Fsp3) is 0.267. The molecule has 1 aromatic heterocycles. The van der Waals surface area contributed by atoms with Gasteiger partial charge >= 0.3 is 0 Å². The normalized spacial score (nSPS) is 12.1. The second kappa shape index (κ2) is 6.43. The second-order valence-corrected chi connectivity index (χ2v) is 4.99. The molecule has 1 aromatic carbocycles. The zero-order valence-electron chi connectivity index (χ0n) is 10.9. The first-order chi connectivity index (χ1) is 9.16. The molecule has 0 saturated carbocycles. The molecule has 1 heterocycles. The molecule has 1 atom stereocenters. The fourth-order valence-corrected chi connectivity index (χ4v) is 2.09. The Morgan fingerprint density at radius 2 is 1.95 bits per heavy atom. The first kappa shape index (κ1) is 13.7. The Hall–Kier alpha value is -1.74. The van der Waals surface area contributed by atoms with Crippen molar-refractivity contribution in [1.82, 2.24) is 4.98 Å². The highest BCUT2D eigenvalue weighted by molar-refractivity contribution is 6.29. The van der Waals surface area contributed by atoms with E-state index in [1.165, 1.54) is 5.56 Å². The molecule has 0 amide bonds. The van der Waals surface area contributed by atoms with Gasteiger partial charge in [0.1, 0.15) is 5.15 Å². The van der Waals surface area contributed by atoms with Gasteiger partial charge < -0.3 is 11.1 Å². The number of rotatable bonds is 5. The number of halogens is 1. The number of aromatic nitrogens is 1. The molecule has 3 nitrogen and oxygen atoms in total. The fourth-order valence-electron chi connectivity index (χ4n) is 1.94. The maximum absolute atomic E-state index is 5.85. The summed E-state index contributed by atoms with van der Waals surface area (Å²) in [6.07, 6.45) is 1.01. The summed E-state index contributed by atoms with van der Waals surface area (Å²) in [5, 5.41) is 3.69. The summed E-state index contributed by atoms with van der Waals surface area (Å²) < 4.78 is 0. The van der Waals surface area contributed by atoms with E-state index in [0.717, 1.165) is 13.0 Å². The van der Waals surface area contributed by atoms with Crippen LogP contribution in [0.25, 0.3) is 0 Å². The lowest BCUT2D eigenvalue weighted by Crippen LogP contribution is -2.09. The van der Waals surface area contributed by atoms with Crippen molar-refractivity contribution in [3.8, 4) is 0 Å². The van der Waals surface area contributed by atoms with Crippen LogP contribution in [-0.4, -0.2) is 11.5 Å². The molecule has 0 radical (unpaired) electrons. The molecule has 3 N–H and O–H groups in total. The molecule has 100 valence electrons. The van der Waals surface area contributed by atoms with Crippen molar-refractivity contribution < 1.29 is 0 Å². The lowest BCUT2D eigenvalue weighted by molar-refractivity contribution is 0.705. The summed E-state index contributed by atoms with van der Waals surface area (Å²) in [6, 6.07) is 13.9. The summed E-state index contributed by atoms with van der Waals surface area (Å²) in [5.41, 5.74) is 7.80. The molecule has 0 aliphatic carbocycles. The van der Waals surface area contributed by atoms with Gasteiger partial charge in [-0.15, -0.1) is 0 Å². The summed E-state index contributed by atoms with van der Waals surface area (Å²) >= 11 is 5.85. The number of hydrogen-bond donors (Lipinski definition) is 2. The first-order valence-corrected chi connectivity index (χ1v) is 6.75. The quantitative estimate of drug-likeness (QED) is 0.813. The third kappa shape index (κ3) is 3.86. The summed E-state index contributed by atoms with van der Waals surface area (Å²) in [4.78, 5) is 4.17.